The fourth-order valence-corrected chi connectivity index (χ4v) is 5.43. The second-order valence-corrected chi connectivity index (χ2v) is 11.0. The summed E-state index contributed by atoms with van der Waals surface area (Å²) in [5.74, 6) is 0.592. The first kappa shape index (κ1) is 24.2. The number of nitrogens with two attached hydrogens (primary N) is 1. The molecule has 9 nitrogen and oxygen atoms in total. The number of aromatic nitrogens is 2. The molecule has 2 aromatic rings. The van der Waals surface area contributed by atoms with Crippen molar-refractivity contribution in [2.24, 2.45) is 5.41 Å². The number of phenolic OH excluding ortho intramolecular Hbond substituents is 1. The SMILES string of the molecule is CC1(C)CNCC(CN2CCOC3(CCN(c4cc(-c5ccccc5O)nnc4N)CC3)C2)OC1. The lowest BCUT2D eigenvalue weighted by Crippen LogP contribution is -2.58. The van der Waals surface area contributed by atoms with E-state index in [4.69, 9.17) is 15.2 Å². The molecule has 0 amide bonds. The monoisotopic (exact) mass is 482 g/mol. The van der Waals surface area contributed by atoms with Gasteiger partial charge in [-0.25, -0.2) is 0 Å². The summed E-state index contributed by atoms with van der Waals surface area (Å²) in [6.45, 7) is 12.4. The number of nitrogen functional groups attached to an aromatic ring is 1. The van der Waals surface area contributed by atoms with Crippen LogP contribution >= 0.6 is 0 Å². The Hall–Kier alpha value is -2.46. The first-order chi connectivity index (χ1) is 16.8. The first-order valence-corrected chi connectivity index (χ1v) is 12.7. The quantitative estimate of drug-likeness (QED) is 0.604. The fourth-order valence-electron chi connectivity index (χ4n) is 5.43. The van der Waals surface area contributed by atoms with Gasteiger partial charge in [0.1, 0.15) is 5.75 Å². The van der Waals surface area contributed by atoms with Gasteiger partial charge in [-0.05, 0) is 31.0 Å². The van der Waals surface area contributed by atoms with Crippen LogP contribution in [0.1, 0.15) is 26.7 Å². The van der Waals surface area contributed by atoms with Crippen LogP contribution in [0.3, 0.4) is 0 Å². The molecule has 5 rings (SSSR count). The van der Waals surface area contributed by atoms with Gasteiger partial charge in [-0.15, -0.1) is 10.2 Å². The molecule has 1 aromatic carbocycles. The number of aromatic hydroxyl groups is 1. The molecule has 3 saturated heterocycles. The van der Waals surface area contributed by atoms with Crippen LogP contribution in [0.2, 0.25) is 0 Å². The second kappa shape index (κ2) is 9.89. The Morgan fingerprint density at radius 3 is 2.77 bits per heavy atom. The lowest BCUT2D eigenvalue weighted by molar-refractivity contribution is -0.128. The van der Waals surface area contributed by atoms with Gasteiger partial charge in [0.05, 0.1) is 36.3 Å². The van der Waals surface area contributed by atoms with Gasteiger partial charge in [-0.3, -0.25) is 4.90 Å². The van der Waals surface area contributed by atoms with Gasteiger partial charge in [-0.2, -0.15) is 0 Å². The number of anilines is 2. The number of ether oxygens (including phenoxy) is 2. The van der Waals surface area contributed by atoms with Gasteiger partial charge in [0.15, 0.2) is 5.82 Å². The van der Waals surface area contributed by atoms with Gasteiger partial charge in [0, 0.05) is 56.8 Å². The minimum atomic E-state index is -0.137. The lowest BCUT2D eigenvalue weighted by Gasteiger charge is -2.48. The van der Waals surface area contributed by atoms with Crippen LogP contribution in [0, 0.1) is 5.41 Å². The van der Waals surface area contributed by atoms with Crippen molar-refractivity contribution in [1.82, 2.24) is 20.4 Å². The van der Waals surface area contributed by atoms with Crippen molar-refractivity contribution in [3.05, 3.63) is 30.3 Å². The van der Waals surface area contributed by atoms with Crippen molar-refractivity contribution in [3.63, 3.8) is 0 Å². The average Bonchev–Trinajstić information content (AvgIpc) is 3.01. The van der Waals surface area contributed by atoms with Crippen LogP contribution in [0.4, 0.5) is 11.5 Å². The lowest BCUT2D eigenvalue weighted by atomic mass is 9.89. The van der Waals surface area contributed by atoms with E-state index in [1.165, 1.54) is 0 Å². The van der Waals surface area contributed by atoms with Gasteiger partial charge in [0.2, 0.25) is 0 Å². The summed E-state index contributed by atoms with van der Waals surface area (Å²) in [6, 6.07) is 9.09. The standard InChI is InChI=1S/C26H38N6O3/c1-25(2)16-28-14-19(34-18-25)15-31-11-12-35-26(17-31)7-9-32(10-8-26)22-13-21(29-30-24(22)27)20-5-3-4-6-23(20)33/h3-6,13,19,28,33H,7-12,14-18H2,1-2H3,(H2,27,30). The van der Waals surface area contributed by atoms with Crippen molar-refractivity contribution in [2.45, 2.75) is 38.4 Å². The summed E-state index contributed by atoms with van der Waals surface area (Å²) >= 11 is 0. The molecular formula is C26H38N6O3. The van der Waals surface area contributed by atoms with Crippen LogP contribution in [0.25, 0.3) is 11.3 Å². The number of piperidine rings is 1. The third-order valence-electron chi connectivity index (χ3n) is 7.47. The maximum Gasteiger partial charge on any atom is 0.169 e. The molecule has 9 heteroatoms. The summed E-state index contributed by atoms with van der Waals surface area (Å²) in [6.07, 6.45) is 2.06. The Morgan fingerprint density at radius 1 is 1.17 bits per heavy atom. The number of nitrogens with one attached hydrogen (secondary N) is 1. The largest absolute Gasteiger partial charge is 0.507 e. The summed E-state index contributed by atoms with van der Waals surface area (Å²) in [7, 11) is 0. The van der Waals surface area contributed by atoms with E-state index in [0.717, 1.165) is 77.6 Å². The molecule has 1 unspecified atom stereocenters. The molecular weight excluding hydrogens is 444 g/mol. The van der Waals surface area contributed by atoms with E-state index in [1.807, 2.05) is 18.2 Å². The summed E-state index contributed by atoms with van der Waals surface area (Å²) in [5.41, 5.74) is 8.40. The molecule has 35 heavy (non-hydrogen) atoms. The Bertz CT molecular complexity index is 1020. The van der Waals surface area contributed by atoms with E-state index >= 15 is 0 Å². The summed E-state index contributed by atoms with van der Waals surface area (Å²) < 4.78 is 12.6. The number of morpholine rings is 1. The highest BCUT2D eigenvalue weighted by molar-refractivity contribution is 5.74. The third kappa shape index (κ3) is 5.53. The molecule has 1 atom stereocenters. The molecule has 1 aromatic heterocycles. The number of rotatable bonds is 4. The molecule has 0 bridgehead atoms. The van der Waals surface area contributed by atoms with E-state index in [0.29, 0.717) is 17.1 Å². The minimum absolute atomic E-state index is 0.137. The molecule has 3 fully saturated rings. The minimum Gasteiger partial charge on any atom is -0.507 e. The van der Waals surface area contributed by atoms with Crippen molar-refractivity contribution < 1.29 is 14.6 Å². The van der Waals surface area contributed by atoms with E-state index < -0.39 is 0 Å². The van der Waals surface area contributed by atoms with Crippen molar-refractivity contribution in [2.75, 3.05) is 69.7 Å². The van der Waals surface area contributed by atoms with E-state index in [2.05, 4.69) is 39.2 Å². The number of hydrogen-bond donors (Lipinski definition) is 3. The molecule has 1 spiro atoms. The van der Waals surface area contributed by atoms with Crippen molar-refractivity contribution >= 4 is 11.5 Å². The zero-order valence-electron chi connectivity index (χ0n) is 20.9. The number of phenols is 1. The maximum absolute atomic E-state index is 10.2. The van der Waals surface area contributed by atoms with Gasteiger partial charge < -0.3 is 30.5 Å². The van der Waals surface area contributed by atoms with E-state index in [9.17, 15) is 5.11 Å². The van der Waals surface area contributed by atoms with Gasteiger partial charge >= 0.3 is 0 Å². The smallest absolute Gasteiger partial charge is 0.169 e. The van der Waals surface area contributed by atoms with Gasteiger partial charge in [0.25, 0.3) is 0 Å². The predicted octanol–water partition coefficient (Wildman–Crippen LogP) is 2.12. The normalized spacial score (nSPS) is 24.9. The average molecular weight is 483 g/mol. The molecule has 4 N–H and O–H groups in total. The van der Waals surface area contributed by atoms with Crippen LogP contribution in [0.15, 0.2) is 30.3 Å². The first-order valence-electron chi connectivity index (χ1n) is 12.7. The number of nitrogens with zero attached hydrogens (tertiary/aromatic N) is 4. The van der Waals surface area contributed by atoms with Gasteiger partial charge in [-0.1, -0.05) is 26.0 Å². The Kier molecular flexibility index (Phi) is 6.85. The zero-order valence-corrected chi connectivity index (χ0v) is 20.9. The van der Waals surface area contributed by atoms with Crippen LogP contribution in [-0.2, 0) is 9.47 Å². The van der Waals surface area contributed by atoms with Crippen molar-refractivity contribution in [3.8, 4) is 17.0 Å². The second-order valence-electron chi connectivity index (χ2n) is 11.0. The Labute approximate surface area is 207 Å². The predicted molar refractivity (Wildman–Crippen MR) is 137 cm³/mol. The number of hydrogen-bond acceptors (Lipinski definition) is 9. The Morgan fingerprint density at radius 2 is 1.97 bits per heavy atom. The summed E-state index contributed by atoms with van der Waals surface area (Å²) in [4.78, 5) is 4.78. The highest BCUT2D eigenvalue weighted by Crippen LogP contribution is 2.36. The van der Waals surface area contributed by atoms with Crippen LogP contribution in [0.5, 0.6) is 5.75 Å². The number of benzene rings is 1. The maximum atomic E-state index is 10.2. The molecule has 0 aliphatic carbocycles. The molecule has 3 aliphatic rings. The van der Waals surface area contributed by atoms with E-state index in [1.54, 1.807) is 12.1 Å². The topological polar surface area (TPSA) is 109 Å². The zero-order chi connectivity index (χ0) is 24.5. The molecule has 4 heterocycles. The van der Waals surface area contributed by atoms with E-state index in [-0.39, 0.29) is 22.9 Å². The highest BCUT2D eigenvalue weighted by Gasteiger charge is 2.41. The highest BCUT2D eigenvalue weighted by atomic mass is 16.5. The van der Waals surface area contributed by atoms with Crippen molar-refractivity contribution in [1.29, 1.82) is 0 Å². The molecule has 190 valence electrons. The Balaban J connectivity index is 1.22. The molecule has 3 aliphatic heterocycles. The number of para-hydroxylation sites is 1. The fraction of sp³-hybridized carbons (Fsp3) is 0.615. The molecule has 0 saturated carbocycles. The third-order valence-corrected chi connectivity index (χ3v) is 7.47. The van der Waals surface area contributed by atoms with Crippen LogP contribution < -0.4 is 16.0 Å². The summed E-state index contributed by atoms with van der Waals surface area (Å²) in [5, 5.41) is 22.2. The van der Waals surface area contributed by atoms with Crippen LogP contribution in [-0.4, -0.2) is 90.9 Å². The molecule has 0 radical (unpaired) electrons.